The summed E-state index contributed by atoms with van der Waals surface area (Å²) in [5.41, 5.74) is 8.01. The van der Waals surface area contributed by atoms with E-state index in [9.17, 15) is 4.79 Å². The molecule has 0 aromatic rings. The van der Waals surface area contributed by atoms with Gasteiger partial charge in [0, 0.05) is 6.04 Å². The first kappa shape index (κ1) is 10.2. The number of carbonyl (C=O) groups excluding carboxylic acids is 1. The van der Waals surface area contributed by atoms with Gasteiger partial charge < -0.3 is 5.73 Å². The Hall–Kier alpha value is -0.870. The summed E-state index contributed by atoms with van der Waals surface area (Å²) >= 11 is 0. The maximum atomic E-state index is 11.4. The minimum Gasteiger partial charge on any atom is -0.324 e. The molecule has 2 atom stereocenters. The first-order valence-electron chi connectivity index (χ1n) is 4.49. The lowest BCUT2D eigenvalue weighted by atomic mass is 10.1. The molecule has 0 spiro atoms. The van der Waals surface area contributed by atoms with Crippen LogP contribution in [0.5, 0.6) is 0 Å². The topological polar surface area (TPSA) is 64.3 Å². The van der Waals surface area contributed by atoms with Gasteiger partial charge in [0.05, 0.1) is 12.0 Å². The second kappa shape index (κ2) is 4.39. The van der Waals surface area contributed by atoms with Crippen LogP contribution in [0.4, 0.5) is 0 Å². The lowest BCUT2D eigenvalue weighted by Crippen LogP contribution is -2.32. The quantitative estimate of drug-likeness (QED) is 0.491. The molecule has 0 saturated carbocycles. The summed E-state index contributed by atoms with van der Waals surface area (Å²) in [5.74, 6) is -0.244. The molecule has 1 aliphatic rings. The van der Waals surface area contributed by atoms with Crippen LogP contribution in [-0.2, 0) is 9.63 Å². The Morgan fingerprint density at radius 1 is 1.62 bits per heavy atom. The van der Waals surface area contributed by atoms with Crippen molar-refractivity contribution in [3.63, 3.8) is 0 Å². The van der Waals surface area contributed by atoms with Crippen molar-refractivity contribution in [2.24, 2.45) is 11.7 Å². The molecule has 13 heavy (non-hydrogen) atoms. The highest BCUT2D eigenvalue weighted by Gasteiger charge is 2.22. The standard InChI is InChI=1S/C9H16N2O2/c1-6(2)13-11-9(12)7-3-4-8(10)5-7/h3-4,6-8H,5,10H2,1-2H3,(H,11,12). The highest BCUT2D eigenvalue weighted by atomic mass is 16.7. The number of hydrogen-bond donors (Lipinski definition) is 2. The molecule has 0 aromatic carbocycles. The molecule has 0 radical (unpaired) electrons. The number of rotatable bonds is 3. The van der Waals surface area contributed by atoms with Gasteiger partial charge in [-0.3, -0.25) is 9.63 Å². The van der Waals surface area contributed by atoms with E-state index in [-0.39, 0.29) is 24.0 Å². The fourth-order valence-electron chi connectivity index (χ4n) is 1.17. The summed E-state index contributed by atoms with van der Waals surface area (Å²) in [4.78, 5) is 16.3. The number of hydrogen-bond acceptors (Lipinski definition) is 3. The smallest absolute Gasteiger partial charge is 0.250 e. The van der Waals surface area contributed by atoms with E-state index in [1.54, 1.807) is 0 Å². The molecule has 4 heteroatoms. The largest absolute Gasteiger partial charge is 0.324 e. The number of nitrogens with one attached hydrogen (secondary N) is 1. The van der Waals surface area contributed by atoms with E-state index in [4.69, 9.17) is 10.6 Å². The third kappa shape index (κ3) is 3.16. The molecule has 0 aliphatic heterocycles. The van der Waals surface area contributed by atoms with Crippen LogP contribution >= 0.6 is 0 Å². The van der Waals surface area contributed by atoms with Gasteiger partial charge in [-0.1, -0.05) is 12.2 Å². The van der Waals surface area contributed by atoms with Gasteiger partial charge in [-0.15, -0.1) is 0 Å². The summed E-state index contributed by atoms with van der Waals surface area (Å²) in [7, 11) is 0. The molecule has 4 nitrogen and oxygen atoms in total. The molecule has 0 saturated heterocycles. The molecular formula is C9H16N2O2. The molecule has 0 bridgehead atoms. The highest BCUT2D eigenvalue weighted by molar-refractivity contribution is 5.80. The minimum atomic E-state index is -0.131. The van der Waals surface area contributed by atoms with E-state index >= 15 is 0 Å². The molecule has 0 aromatic heterocycles. The second-order valence-corrected chi connectivity index (χ2v) is 3.52. The van der Waals surface area contributed by atoms with Crippen molar-refractivity contribution in [1.82, 2.24) is 5.48 Å². The molecule has 3 N–H and O–H groups in total. The zero-order valence-corrected chi connectivity index (χ0v) is 7.99. The molecule has 1 amide bonds. The Balaban J connectivity index is 2.29. The summed E-state index contributed by atoms with van der Waals surface area (Å²) in [5, 5.41) is 0. The van der Waals surface area contributed by atoms with Crippen molar-refractivity contribution in [2.75, 3.05) is 0 Å². The van der Waals surface area contributed by atoms with Crippen LogP contribution in [0.25, 0.3) is 0 Å². The Morgan fingerprint density at radius 3 is 2.77 bits per heavy atom. The summed E-state index contributed by atoms with van der Waals surface area (Å²) < 4.78 is 0. The van der Waals surface area contributed by atoms with Gasteiger partial charge in [-0.2, -0.15) is 0 Å². The van der Waals surface area contributed by atoms with E-state index in [1.165, 1.54) is 0 Å². The Labute approximate surface area is 78.1 Å². The Bertz CT molecular complexity index is 214. The minimum absolute atomic E-state index is 0.00278. The highest BCUT2D eigenvalue weighted by Crippen LogP contribution is 2.16. The number of hydroxylamine groups is 1. The van der Waals surface area contributed by atoms with Gasteiger partial charge in [0.2, 0.25) is 0 Å². The maximum absolute atomic E-state index is 11.4. The zero-order chi connectivity index (χ0) is 9.84. The van der Waals surface area contributed by atoms with Crippen LogP contribution < -0.4 is 11.2 Å². The number of nitrogens with two attached hydrogens (primary N) is 1. The van der Waals surface area contributed by atoms with Gasteiger partial charge in [0.15, 0.2) is 0 Å². The van der Waals surface area contributed by atoms with Crippen molar-refractivity contribution >= 4 is 5.91 Å². The lowest BCUT2D eigenvalue weighted by molar-refractivity contribution is -0.139. The Morgan fingerprint density at radius 2 is 2.31 bits per heavy atom. The van der Waals surface area contributed by atoms with Crippen molar-refractivity contribution in [2.45, 2.75) is 32.4 Å². The van der Waals surface area contributed by atoms with Crippen molar-refractivity contribution in [1.29, 1.82) is 0 Å². The first-order chi connectivity index (χ1) is 6.09. The SMILES string of the molecule is CC(C)ONC(=O)C1C=CC(N)C1. The van der Waals surface area contributed by atoms with E-state index < -0.39 is 0 Å². The molecule has 1 aliphatic carbocycles. The van der Waals surface area contributed by atoms with Gasteiger partial charge >= 0.3 is 0 Å². The number of amides is 1. The van der Waals surface area contributed by atoms with Crippen LogP contribution in [0.2, 0.25) is 0 Å². The molecule has 1 rings (SSSR count). The molecule has 0 fully saturated rings. The maximum Gasteiger partial charge on any atom is 0.250 e. The van der Waals surface area contributed by atoms with E-state index in [0.717, 1.165) is 0 Å². The van der Waals surface area contributed by atoms with Gasteiger partial charge in [-0.25, -0.2) is 5.48 Å². The van der Waals surface area contributed by atoms with Crippen molar-refractivity contribution in [3.05, 3.63) is 12.2 Å². The van der Waals surface area contributed by atoms with E-state index in [2.05, 4.69) is 5.48 Å². The van der Waals surface area contributed by atoms with Gasteiger partial charge in [-0.05, 0) is 20.3 Å². The number of carbonyl (C=O) groups is 1. The normalized spacial score (nSPS) is 26.8. The summed E-state index contributed by atoms with van der Waals surface area (Å²) in [6.07, 6.45) is 4.35. The van der Waals surface area contributed by atoms with E-state index in [1.807, 2.05) is 26.0 Å². The van der Waals surface area contributed by atoms with Gasteiger partial charge in [0.1, 0.15) is 0 Å². The van der Waals surface area contributed by atoms with Crippen LogP contribution in [0.15, 0.2) is 12.2 Å². The third-order valence-corrected chi connectivity index (χ3v) is 1.85. The predicted octanol–water partition coefficient (Wildman–Crippen LogP) is 0.346. The van der Waals surface area contributed by atoms with Crippen LogP contribution in [-0.4, -0.2) is 18.1 Å². The molecular weight excluding hydrogens is 168 g/mol. The monoisotopic (exact) mass is 184 g/mol. The fourth-order valence-corrected chi connectivity index (χ4v) is 1.17. The molecule has 74 valence electrons. The van der Waals surface area contributed by atoms with Crippen molar-refractivity contribution in [3.8, 4) is 0 Å². The van der Waals surface area contributed by atoms with E-state index in [0.29, 0.717) is 6.42 Å². The van der Waals surface area contributed by atoms with Gasteiger partial charge in [0.25, 0.3) is 5.91 Å². The van der Waals surface area contributed by atoms with Crippen LogP contribution in [0.3, 0.4) is 0 Å². The second-order valence-electron chi connectivity index (χ2n) is 3.52. The summed E-state index contributed by atoms with van der Waals surface area (Å²) in [6, 6.07) is 0.00907. The van der Waals surface area contributed by atoms with Crippen LogP contribution in [0.1, 0.15) is 20.3 Å². The fraction of sp³-hybridized carbons (Fsp3) is 0.667. The Kier molecular flexibility index (Phi) is 3.45. The van der Waals surface area contributed by atoms with Crippen LogP contribution in [0, 0.1) is 5.92 Å². The van der Waals surface area contributed by atoms with Crippen molar-refractivity contribution < 1.29 is 9.63 Å². The third-order valence-electron chi connectivity index (χ3n) is 1.85. The molecule has 0 heterocycles. The average Bonchev–Trinajstić information content (AvgIpc) is 2.47. The predicted molar refractivity (Wildman–Crippen MR) is 49.6 cm³/mol. The lowest BCUT2D eigenvalue weighted by Gasteiger charge is -2.12. The zero-order valence-electron chi connectivity index (χ0n) is 7.99. The average molecular weight is 184 g/mol. The molecule has 2 unspecified atom stereocenters. The summed E-state index contributed by atoms with van der Waals surface area (Å²) in [6.45, 7) is 3.72. The first-order valence-corrected chi connectivity index (χ1v) is 4.49.